The number of rotatable bonds is 3. The summed E-state index contributed by atoms with van der Waals surface area (Å²) in [7, 11) is 0. The third-order valence-corrected chi connectivity index (χ3v) is 4.60. The summed E-state index contributed by atoms with van der Waals surface area (Å²) in [6.45, 7) is 2.39. The van der Waals surface area contributed by atoms with Gasteiger partial charge in [-0.2, -0.15) is 0 Å². The van der Waals surface area contributed by atoms with Gasteiger partial charge in [0.15, 0.2) is 5.75 Å². The van der Waals surface area contributed by atoms with Crippen LogP contribution in [0.2, 0.25) is 0 Å². The molecule has 2 fully saturated rings. The highest BCUT2D eigenvalue weighted by Gasteiger charge is 2.42. The van der Waals surface area contributed by atoms with Gasteiger partial charge in [0.1, 0.15) is 6.10 Å². The Labute approximate surface area is 131 Å². The molecule has 3 rings (SSSR count). The van der Waals surface area contributed by atoms with Gasteiger partial charge in [-0.15, -0.1) is 0 Å². The highest BCUT2D eigenvalue weighted by atomic mass is 79.9. The van der Waals surface area contributed by atoms with Crippen molar-refractivity contribution in [1.82, 2.24) is 5.32 Å². The molecule has 1 unspecified atom stereocenters. The highest BCUT2D eigenvalue weighted by molar-refractivity contribution is 9.10. The van der Waals surface area contributed by atoms with E-state index in [-0.39, 0.29) is 17.4 Å². The van der Waals surface area contributed by atoms with E-state index in [9.17, 15) is 10.1 Å². The zero-order valence-electron chi connectivity index (χ0n) is 11.5. The predicted molar refractivity (Wildman–Crippen MR) is 80.6 cm³/mol. The molecule has 21 heavy (non-hydrogen) atoms. The molecule has 0 aromatic heterocycles. The fourth-order valence-corrected chi connectivity index (χ4v) is 3.36. The van der Waals surface area contributed by atoms with E-state index in [4.69, 9.17) is 9.47 Å². The lowest BCUT2D eigenvalue weighted by Gasteiger charge is -2.32. The van der Waals surface area contributed by atoms with Crippen molar-refractivity contribution in [2.24, 2.45) is 0 Å². The maximum atomic E-state index is 11.1. The van der Waals surface area contributed by atoms with Crippen LogP contribution in [0.5, 0.6) is 5.75 Å². The topological polar surface area (TPSA) is 73.6 Å². The average molecular weight is 357 g/mol. The van der Waals surface area contributed by atoms with E-state index >= 15 is 0 Å². The third kappa shape index (κ3) is 3.20. The fourth-order valence-electron chi connectivity index (χ4n) is 3.02. The number of ether oxygens (including phenoxy) is 2. The number of piperidine rings is 1. The number of hydrogen-bond donors (Lipinski definition) is 1. The van der Waals surface area contributed by atoms with E-state index in [2.05, 4.69) is 21.2 Å². The normalized spacial score (nSPS) is 24.1. The molecule has 0 amide bonds. The van der Waals surface area contributed by atoms with E-state index in [0.29, 0.717) is 12.4 Å². The minimum Gasteiger partial charge on any atom is -0.481 e. The lowest BCUT2D eigenvalue weighted by Crippen LogP contribution is -2.41. The van der Waals surface area contributed by atoms with Gasteiger partial charge in [-0.1, -0.05) is 15.9 Å². The second-order valence-corrected chi connectivity index (χ2v) is 6.47. The SMILES string of the molecule is O=[N+]([O-])c1ccc(Br)cc1OC1COC2(CCNCC2)C1. The number of nitrogens with one attached hydrogen (secondary N) is 1. The molecule has 1 aromatic rings. The van der Waals surface area contributed by atoms with Crippen LogP contribution in [0, 0.1) is 10.1 Å². The molecule has 0 saturated carbocycles. The van der Waals surface area contributed by atoms with Crippen molar-refractivity contribution < 1.29 is 14.4 Å². The molecule has 0 radical (unpaired) electrons. The predicted octanol–water partition coefficient (Wildman–Crippen LogP) is 2.65. The Balaban J connectivity index is 1.73. The van der Waals surface area contributed by atoms with Gasteiger partial charge in [-0.05, 0) is 32.0 Å². The Morgan fingerprint density at radius 3 is 2.90 bits per heavy atom. The van der Waals surface area contributed by atoms with E-state index in [0.717, 1.165) is 36.8 Å². The summed E-state index contributed by atoms with van der Waals surface area (Å²) in [5.41, 5.74) is -0.124. The molecule has 1 spiro atoms. The van der Waals surface area contributed by atoms with Crippen LogP contribution in [0.25, 0.3) is 0 Å². The van der Waals surface area contributed by atoms with Crippen LogP contribution >= 0.6 is 15.9 Å². The van der Waals surface area contributed by atoms with Crippen LogP contribution in [0.1, 0.15) is 19.3 Å². The molecule has 114 valence electrons. The molecule has 2 saturated heterocycles. The maximum absolute atomic E-state index is 11.1. The summed E-state index contributed by atoms with van der Waals surface area (Å²) in [6.07, 6.45) is 2.59. The summed E-state index contributed by atoms with van der Waals surface area (Å²) in [5, 5.41) is 14.4. The molecular formula is C14H17BrN2O4. The molecule has 2 aliphatic heterocycles. The van der Waals surface area contributed by atoms with Crippen molar-refractivity contribution in [3.05, 3.63) is 32.8 Å². The first-order chi connectivity index (χ1) is 10.1. The van der Waals surface area contributed by atoms with Gasteiger partial charge in [-0.25, -0.2) is 0 Å². The summed E-state index contributed by atoms with van der Waals surface area (Å²) in [6, 6.07) is 4.74. The zero-order valence-corrected chi connectivity index (χ0v) is 13.1. The monoisotopic (exact) mass is 356 g/mol. The van der Waals surface area contributed by atoms with E-state index < -0.39 is 4.92 Å². The minimum atomic E-state index is -0.419. The first-order valence-corrected chi connectivity index (χ1v) is 7.83. The number of nitrogens with zero attached hydrogens (tertiary/aromatic N) is 1. The van der Waals surface area contributed by atoms with Gasteiger partial charge in [0, 0.05) is 23.0 Å². The van der Waals surface area contributed by atoms with Crippen molar-refractivity contribution in [2.45, 2.75) is 31.0 Å². The second-order valence-electron chi connectivity index (χ2n) is 5.56. The lowest BCUT2D eigenvalue weighted by molar-refractivity contribution is -0.386. The lowest BCUT2D eigenvalue weighted by atomic mass is 9.89. The number of nitro groups is 1. The van der Waals surface area contributed by atoms with Crippen LogP contribution in [0.15, 0.2) is 22.7 Å². The molecule has 2 heterocycles. The van der Waals surface area contributed by atoms with E-state index in [1.54, 1.807) is 12.1 Å². The first kappa shape index (κ1) is 14.7. The summed E-state index contributed by atoms with van der Waals surface area (Å²) in [5.74, 6) is 0.300. The summed E-state index contributed by atoms with van der Waals surface area (Å²) >= 11 is 3.32. The largest absolute Gasteiger partial charge is 0.481 e. The molecule has 0 bridgehead atoms. The van der Waals surface area contributed by atoms with Gasteiger partial charge in [-0.3, -0.25) is 10.1 Å². The Bertz CT molecular complexity index is 546. The Morgan fingerprint density at radius 1 is 1.43 bits per heavy atom. The van der Waals surface area contributed by atoms with Crippen molar-refractivity contribution in [3.63, 3.8) is 0 Å². The number of hydrogen-bond acceptors (Lipinski definition) is 5. The van der Waals surface area contributed by atoms with Crippen LogP contribution < -0.4 is 10.1 Å². The second kappa shape index (κ2) is 5.90. The molecule has 1 N–H and O–H groups in total. The van der Waals surface area contributed by atoms with Gasteiger partial charge in [0.05, 0.1) is 17.1 Å². The smallest absolute Gasteiger partial charge is 0.311 e. The average Bonchev–Trinajstić information content (AvgIpc) is 2.82. The Kier molecular flexibility index (Phi) is 4.14. The Morgan fingerprint density at radius 2 is 2.19 bits per heavy atom. The van der Waals surface area contributed by atoms with Crippen LogP contribution in [-0.4, -0.2) is 36.3 Å². The molecule has 1 aromatic carbocycles. The van der Waals surface area contributed by atoms with E-state index in [1.807, 2.05) is 0 Å². The van der Waals surface area contributed by atoms with E-state index in [1.165, 1.54) is 6.07 Å². The molecule has 6 nitrogen and oxygen atoms in total. The Hall–Kier alpha value is -1.18. The minimum absolute atomic E-state index is 0.00976. The molecule has 0 aliphatic carbocycles. The van der Waals surface area contributed by atoms with Crippen molar-refractivity contribution >= 4 is 21.6 Å². The molecular weight excluding hydrogens is 340 g/mol. The van der Waals surface area contributed by atoms with Crippen LogP contribution in [0.4, 0.5) is 5.69 Å². The van der Waals surface area contributed by atoms with Gasteiger partial charge < -0.3 is 14.8 Å². The third-order valence-electron chi connectivity index (χ3n) is 4.10. The molecule has 2 aliphatic rings. The quantitative estimate of drug-likeness (QED) is 0.665. The standard InChI is InChI=1S/C14H17BrN2O4/c15-10-1-2-12(17(18)19)13(7-10)21-11-8-14(20-9-11)3-5-16-6-4-14/h1-2,7,11,16H,3-6,8-9H2. The van der Waals surface area contributed by atoms with Crippen LogP contribution in [-0.2, 0) is 4.74 Å². The van der Waals surface area contributed by atoms with Gasteiger partial charge in [0.25, 0.3) is 0 Å². The highest BCUT2D eigenvalue weighted by Crippen LogP contribution is 2.38. The number of nitro benzene ring substituents is 1. The number of benzene rings is 1. The molecule has 7 heteroatoms. The van der Waals surface area contributed by atoms with Crippen molar-refractivity contribution in [3.8, 4) is 5.75 Å². The summed E-state index contributed by atoms with van der Waals surface area (Å²) < 4.78 is 12.6. The fraction of sp³-hybridized carbons (Fsp3) is 0.571. The maximum Gasteiger partial charge on any atom is 0.311 e. The molecule has 1 atom stereocenters. The van der Waals surface area contributed by atoms with Crippen molar-refractivity contribution in [2.75, 3.05) is 19.7 Å². The zero-order chi connectivity index (χ0) is 14.9. The summed E-state index contributed by atoms with van der Waals surface area (Å²) in [4.78, 5) is 10.7. The first-order valence-electron chi connectivity index (χ1n) is 7.03. The number of halogens is 1. The van der Waals surface area contributed by atoms with Crippen LogP contribution in [0.3, 0.4) is 0 Å². The van der Waals surface area contributed by atoms with Crippen molar-refractivity contribution in [1.29, 1.82) is 0 Å². The van der Waals surface area contributed by atoms with Gasteiger partial charge >= 0.3 is 5.69 Å². The van der Waals surface area contributed by atoms with Gasteiger partial charge in [0.2, 0.25) is 0 Å².